The molecule has 0 spiro atoms. The Kier molecular flexibility index (Phi) is 3.45. The molecule has 0 saturated heterocycles. The van der Waals surface area contributed by atoms with Crippen LogP contribution in [0.15, 0.2) is 65.4 Å². The smallest absolute Gasteiger partial charge is 0.175 e. The molecule has 1 aromatic carbocycles. The Balaban J connectivity index is 1.69. The first-order valence-electron chi connectivity index (χ1n) is 7.46. The zero-order valence-electron chi connectivity index (χ0n) is 12.7. The lowest BCUT2D eigenvalue weighted by atomic mass is 10.2. The maximum Gasteiger partial charge on any atom is 0.175 e. The normalized spacial score (nSPS) is 10.6. The highest BCUT2D eigenvalue weighted by atomic mass is 16.3. The molecule has 0 amide bonds. The van der Waals surface area contributed by atoms with E-state index in [2.05, 4.69) is 21.5 Å². The molecule has 0 aliphatic carbocycles. The van der Waals surface area contributed by atoms with E-state index in [1.54, 1.807) is 29.1 Å². The van der Waals surface area contributed by atoms with Crippen molar-refractivity contribution in [2.75, 3.05) is 5.32 Å². The molecule has 0 unspecified atom stereocenters. The van der Waals surface area contributed by atoms with Crippen molar-refractivity contribution in [2.45, 2.75) is 6.54 Å². The quantitative estimate of drug-likeness (QED) is 0.624. The predicted molar refractivity (Wildman–Crippen MR) is 89.2 cm³/mol. The average Bonchev–Trinajstić information content (AvgIpc) is 3.27. The minimum absolute atomic E-state index is 0.397. The van der Waals surface area contributed by atoms with Gasteiger partial charge in [-0.1, -0.05) is 30.3 Å². The highest BCUT2D eigenvalue weighted by Gasteiger charge is 2.17. The van der Waals surface area contributed by atoms with Crippen LogP contribution < -0.4 is 5.32 Å². The molecule has 0 atom stereocenters. The molecule has 6 nitrogen and oxygen atoms in total. The molecule has 4 aromatic rings. The number of hydrogen-bond donors (Lipinski definition) is 1. The lowest BCUT2D eigenvalue weighted by Gasteiger charge is -2.05. The van der Waals surface area contributed by atoms with Crippen LogP contribution in [-0.4, -0.2) is 14.6 Å². The molecule has 0 aliphatic heterocycles. The fourth-order valence-corrected chi connectivity index (χ4v) is 2.50. The summed E-state index contributed by atoms with van der Waals surface area (Å²) in [5, 5.41) is 17.2. The molecule has 1 N–H and O–H groups in total. The van der Waals surface area contributed by atoms with Crippen LogP contribution >= 0.6 is 0 Å². The van der Waals surface area contributed by atoms with Gasteiger partial charge in [-0.15, -0.1) is 0 Å². The van der Waals surface area contributed by atoms with Gasteiger partial charge in [0.15, 0.2) is 11.4 Å². The summed E-state index contributed by atoms with van der Waals surface area (Å²) in [7, 11) is 0. The first-order valence-corrected chi connectivity index (χ1v) is 7.46. The number of benzene rings is 1. The number of fused-ring (bicyclic) bond motifs is 1. The summed E-state index contributed by atoms with van der Waals surface area (Å²) in [6.45, 7) is 0.658. The Hall–Kier alpha value is -3.59. The number of anilines is 1. The summed E-state index contributed by atoms with van der Waals surface area (Å²) in [4.78, 5) is 4.52. The third kappa shape index (κ3) is 2.48. The highest BCUT2D eigenvalue weighted by molar-refractivity contribution is 5.72. The maximum absolute atomic E-state index is 9.50. The van der Waals surface area contributed by atoms with Gasteiger partial charge < -0.3 is 9.73 Å². The zero-order chi connectivity index (χ0) is 16.4. The second-order valence-corrected chi connectivity index (χ2v) is 5.23. The Morgan fingerprint density at radius 1 is 1.12 bits per heavy atom. The molecule has 4 rings (SSSR count). The molecule has 3 aromatic heterocycles. The van der Waals surface area contributed by atoms with Gasteiger partial charge in [-0.2, -0.15) is 10.4 Å². The Bertz CT molecular complexity index is 1010. The van der Waals surface area contributed by atoms with Crippen molar-refractivity contribution in [1.82, 2.24) is 14.6 Å². The number of nitriles is 1. The Morgan fingerprint density at radius 2 is 2.00 bits per heavy atom. The van der Waals surface area contributed by atoms with Crippen molar-refractivity contribution in [3.05, 3.63) is 72.1 Å². The lowest BCUT2D eigenvalue weighted by Crippen LogP contribution is -2.02. The molecular formula is C18H13N5O. The van der Waals surface area contributed by atoms with Crippen LogP contribution in [0.1, 0.15) is 11.1 Å². The molecule has 0 radical (unpaired) electrons. The fraction of sp³-hybridized carbons (Fsp3) is 0.0556. The van der Waals surface area contributed by atoms with Crippen LogP contribution in [0, 0.1) is 11.3 Å². The van der Waals surface area contributed by atoms with Gasteiger partial charge in [0, 0.05) is 12.7 Å². The second-order valence-electron chi connectivity index (χ2n) is 5.23. The van der Waals surface area contributed by atoms with Crippen LogP contribution in [0.25, 0.3) is 17.1 Å². The summed E-state index contributed by atoms with van der Waals surface area (Å²) in [6, 6.07) is 17.6. The van der Waals surface area contributed by atoms with Crippen molar-refractivity contribution in [3.8, 4) is 17.5 Å². The Labute approximate surface area is 138 Å². The van der Waals surface area contributed by atoms with Crippen LogP contribution in [0.5, 0.6) is 0 Å². The van der Waals surface area contributed by atoms with E-state index in [1.807, 2.05) is 36.4 Å². The molecule has 0 bridgehead atoms. The third-order valence-corrected chi connectivity index (χ3v) is 3.67. The molecule has 0 fully saturated rings. The molecule has 6 heteroatoms. The van der Waals surface area contributed by atoms with E-state index >= 15 is 0 Å². The fourth-order valence-electron chi connectivity index (χ4n) is 2.50. The van der Waals surface area contributed by atoms with Gasteiger partial charge in [0.1, 0.15) is 23.1 Å². The topological polar surface area (TPSA) is 79.2 Å². The summed E-state index contributed by atoms with van der Waals surface area (Å²) < 4.78 is 6.94. The largest absolute Gasteiger partial charge is 0.463 e. The molecule has 24 heavy (non-hydrogen) atoms. The molecular weight excluding hydrogens is 302 g/mol. The van der Waals surface area contributed by atoms with E-state index in [1.165, 1.54) is 0 Å². The van der Waals surface area contributed by atoms with E-state index in [9.17, 15) is 5.26 Å². The minimum atomic E-state index is 0.397. The monoisotopic (exact) mass is 315 g/mol. The molecule has 116 valence electrons. The van der Waals surface area contributed by atoms with Crippen LogP contribution in [-0.2, 0) is 6.54 Å². The highest BCUT2D eigenvalue weighted by Crippen LogP contribution is 2.25. The number of hydrogen-bond acceptors (Lipinski definition) is 5. The molecule has 3 heterocycles. The number of aromatic nitrogens is 3. The van der Waals surface area contributed by atoms with Gasteiger partial charge in [0.05, 0.1) is 6.26 Å². The van der Waals surface area contributed by atoms with E-state index in [0.29, 0.717) is 35.0 Å². The SMILES string of the molecule is N#Cc1c(-c2ccco2)nn2ccc(NCc3ccccc3)nc12. The van der Waals surface area contributed by atoms with Gasteiger partial charge in [0.25, 0.3) is 0 Å². The first kappa shape index (κ1) is 14.0. The van der Waals surface area contributed by atoms with E-state index in [-0.39, 0.29) is 0 Å². The van der Waals surface area contributed by atoms with Crippen molar-refractivity contribution in [1.29, 1.82) is 5.26 Å². The summed E-state index contributed by atoms with van der Waals surface area (Å²) >= 11 is 0. The number of furan rings is 1. The zero-order valence-corrected chi connectivity index (χ0v) is 12.7. The Morgan fingerprint density at radius 3 is 2.75 bits per heavy atom. The van der Waals surface area contributed by atoms with Gasteiger partial charge in [-0.05, 0) is 23.8 Å². The predicted octanol–water partition coefficient (Wildman–Crippen LogP) is 3.47. The van der Waals surface area contributed by atoms with Crippen molar-refractivity contribution in [3.63, 3.8) is 0 Å². The van der Waals surface area contributed by atoms with E-state index in [0.717, 1.165) is 5.56 Å². The van der Waals surface area contributed by atoms with E-state index in [4.69, 9.17) is 4.42 Å². The van der Waals surface area contributed by atoms with Crippen LogP contribution in [0.3, 0.4) is 0 Å². The van der Waals surface area contributed by atoms with Crippen molar-refractivity contribution < 1.29 is 4.42 Å². The summed E-state index contributed by atoms with van der Waals surface area (Å²) in [5.74, 6) is 1.24. The van der Waals surface area contributed by atoms with Crippen molar-refractivity contribution in [2.24, 2.45) is 0 Å². The van der Waals surface area contributed by atoms with Crippen molar-refractivity contribution >= 4 is 11.5 Å². The van der Waals surface area contributed by atoms with Gasteiger partial charge in [-0.25, -0.2) is 9.50 Å². The minimum Gasteiger partial charge on any atom is -0.463 e. The number of rotatable bonds is 4. The number of nitrogens with zero attached hydrogens (tertiary/aromatic N) is 4. The summed E-state index contributed by atoms with van der Waals surface area (Å²) in [6.07, 6.45) is 3.34. The second kappa shape index (κ2) is 5.89. The summed E-state index contributed by atoms with van der Waals surface area (Å²) in [5.41, 5.74) is 2.55. The number of nitrogens with one attached hydrogen (secondary N) is 1. The van der Waals surface area contributed by atoms with Crippen LogP contribution in [0.2, 0.25) is 0 Å². The van der Waals surface area contributed by atoms with E-state index < -0.39 is 0 Å². The lowest BCUT2D eigenvalue weighted by molar-refractivity contribution is 0.579. The van der Waals surface area contributed by atoms with Gasteiger partial charge >= 0.3 is 0 Å². The standard InChI is InChI=1S/C18H13N5O/c19-11-14-17(15-7-4-10-24-15)22-23-9-8-16(21-18(14)23)20-12-13-5-2-1-3-6-13/h1-10H,12H2,(H,20,21). The third-order valence-electron chi connectivity index (χ3n) is 3.67. The maximum atomic E-state index is 9.50. The van der Waals surface area contributed by atoms with Gasteiger partial charge in [0.2, 0.25) is 0 Å². The molecule has 0 saturated carbocycles. The van der Waals surface area contributed by atoms with Gasteiger partial charge in [-0.3, -0.25) is 0 Å². The first-order chi connectivity index (χ1) is 11.8. The molecule has 0 aliphatic rings. The average molecular weight is 315 g/mol. The van der Waals surface area contributed by atoms with Crippen LogP contribution in [0.4, 0.5) is 5.82 Å².